The molecule has 0 spiro atoms. The van der Waals surface area contributed by atoms with E-state index in [1.807, 2.05) is 0 Å². The molecule has 1 N–H and O–H groups in total. The van der Waals surface area contributed by atoms with Crippen LogP contribution >= 0.6 is 0 Å². The molecule has 0 aromatic carbocycles. The lowest BCUT2D eigenvalue weighted by Crippen LogP contribution is -2.44. The van der Waals surface area contributed by atoms with Crippen molar-refractivity contribution in [2.45, 2.75) is 58.4 Å². The van der Waals surface area contributed by atoms with E-state index in [9.17, 15) is 0 Å². The number of rotatable bonds is 1. The lowest BCUT2D eigenvalue weighted by molar-refractivity contribution is 0.0891. The molecule has 1 unspecified atom stereocenters. The number of hydrogen-bond acceptors (Lipinski definition) is 2. The van der Waals surface area contributed by atoms with Crippen LogP contribution in [0.2, 0.25) is 0 Å². The van der Waals surface area contributed by atoms with Crippen molar-refractivity contribution in [1.82, 2.24) is 10.2 Å². The molecule has 0 bridgehead atoms. The van der Waals surface area contributed by atoms with Gasteiger partial charge < -0.3 is 10.2 Å². The summed E-state index contributed by atoms with van der Waals surface area (Å²) < 4.78 is 0. The van der Waals surface area contributed by atoms with Crippen molar-refractivity contribution >= 4 is 0 Å². The van der Waals surface area contributed by atoms with Crippen LogP contribution in [0.4, 0.5) is 0 Å². The van der Waals surface area contributed by atoms with Gasteiger partial charge in [-0.25, -0.2) is 0 Å². The van der Waals surface area contributed by atoms with Gasteiger partial charge in [-0.05, 0) is 63.7 Å². The maximum absolute atomic E-state index is 3.50. The third-order valence-corrected chi connectivity index (χ3v) is 4.29. The molecule has 1 saturated heterocycles. The minimum absolute atomic E-state index is 0.587. The van der Waals surface area contributed by atoms with E-state index in [4.69, 9.17) is 0 Å². The fourth-order valence-electron chi connectivity index (χ4n) is 3.39. The maximum Gasteiger partial charge on any atom is 0.0100 e. The summed E-state index contributed by atoms with van der Waals surface area (Å²) in [4.78, 5) is 2.78. The van der Waals surface area contributed by atoms with Crippen LogP contribution in [0.15, 0.2) is 0 Å². The lowest BCUT2D eigenvalue weighted by atomic mass is 9.74. The van der Waals surface area contributed by atoms with Crippen LogP contribution in [-0.4, -0.2) is 37.1 Å². The molecule has 0 aromatic heterocycles. The standard InChI is InChI=1S/C14H28N2/c1-14(2)7-3-6-13(12-14)16-10-4-8-15-9-5-11-16/h13,15H,3-12H2,1-2H3. The van der Waals surface area contributed by atoms with Gasteiger partial charge in [0.05, 0.1) is 0 Å². The van der Waals surface area contributed by atoms with Gasteiger partial charge in [0.15, 0.2) is 0 Å². The number of nitrogens with zero attached hydrogens (tertiary/aromatic N) is 1. The third kappa shape index (κ3) is 3.46. The molecule has 0 amide bonds. The van der Waals surface area contributed by atoms with Crippen molar-refractivity contribution in [2.24, 2.45) is 5.41 Å². The Bertz CT molecular complexity index is 205. The topological polar surface area (TPSA) is 15.3 Å². The first kappa shape index (κ1) is 12.4. The summed E-state index contributed by atoms with van der Waals surface area (Å²) in [5, 5.41) is 3.50. The maximum atomic E-state index is 3.50. The van der Waals surface area contributed by atoms with E-state index >= 15 is 0 Å². The highest BCUT2D eigenvalue weighted by Crippen LogP contribution is 2.37. The average molecular weight is 224 g/mol. The summed E-state index contributed by atoms with van der Waals surface area (Å²) in [5.41, 5.74) is 0.587. The minimum Gasteiger partial charge on any atom is -0.317 e. The van der Waals surface area contributed by atoms with E-state index in [1.54, 1.807) is 0 Å². The lowest BCUT2D eigenvalue weighted by Gasteiger charge is -2.42. The van der Waals surface area contributed by atoms with Gasteiger partial charge >= 0.3 is 0 Å². The van der Waals surface area contributed by atoms with Gasteiger partial charge in [-0.2, -0.15) is 0 Å². The summed E-state index contributed by atoms with van der Waals surface area (Å²) in [5.74, 6) is 0. The zero-order valence-corrected chi connectivity index (χ0v) is 11.1. The van der Waals surface area contributed by atoms with Gasteiger partial charge in [0.25, 0.3) is 0 Å². The van der Waals surface area contributed by atoms with Crippen LogP contribution in [0.1, 0.15) is 52.4 Å². The second-order valence-corrected chi connectivity index (χ2v) is 6.41. The second-order valence-electron chi connectivity index (χ2n) is 6.41. The molecule has 16 heavy (non-hydrogen) atoms. The van der Waals surface area contributed by atoms with Crippen molar-refractivity contribution in [1.29, 1.82) is 0 Å². The molecule has 2 nitrogen and oxygen atoms in total. The Morgan fingerprint density at radius 2 is 1.75 bits per heavy atom. The van der Waals surface area contributed by atoms with Gasteiger partial charge in [-0.15, -0.1) is 0 Å². The summed E-state index contributed by atoms with van der Waals surface area (Å²) in [6, 6.07) is 0.877. The average Bonchev–Trinajstić information content (AvgIpc) is 2.15. The van der Waals surface area contributed by atoms with Gasteiger partial charge in [0.1, 0.15) is 0 Å². The quantitative estimate of drug-likeness (QED) is 0.736. The molecular weight excluding hydrogens is 196 g/mol. The fraction of sp³-hybridized carbons (Fsp3) is 1.00. The number of hydrogen-bond donors (Lipinski definition) is 1. The Labute approximate surface area is 101 Å². The normalized spacial score (nSPS) is 33.0. The van der Waals surface area contributed by atoms with E-state index in [0.29, 0.717) is 5.41 Å². The summed E-state index contributed by atoms with van der Waals surface area (Å²) in [6.07, 6.45) is 8.39. The Morgan fingerprint density at radius 3 is 2.38 bits per heavy atom. The molecular formula is C14H28N2. The molecule has 1 aliphatic carbocycles. The van der Waals surface area contributed by atoms with Crippen molar-refractivity contribution in [3.63, 3.8) is 0 Å². The monoisotopic (exact) mass is 224 g/mol. The molecule has 2 fully saturated rings. The highest BCUT2D eigenvalue weighted by Gasteiger charge is 2.31. The van der Waals surface area contributed by atoms with E-state index in [1.165, 1.54) is 64.7 Å². The molecule has 2 aliphatic rings. The molecule has 2 rings (SSSR count). The fourth-order valence-corrected chi connectivity index (χ4v) is 3.39. The molecule has 1 saturated carbocycles. The predicted molar refractivity (Wildman–Crippen MR) is 69.7 cm³/mol. The van der Waals surface area contributed by atoms with Crippen LogP contribution in [0.25, 0.3) is 0 Å². The van der Waals surface area contributed by atoms with E-state index in [-0.39, 0.29) is 0 Å². The Kier molecular flexibility index (Phi) is 4.26. The van der Waals surface area contributed by atoms with Crippen molar-refractivity contribution < 1.29 is 0 Å². The van der Waals surface area contributed by atoms with Gasteiger partial charge in [0.2, 0.25) is 0 Å². The largest absolute Gasteiger partial charge is 0.317 e. The molecule has 0 aromatic rings. The second kappa shape index (κ2) is 5.50. The first-order valence-corrected chi connectivity index (χ1v) is 7.12. The van der Waals surface area contributed by atoms with E-state index < -0.39 is 0 Å². The van der Waals surface area contributed by atoms with Crippen LogP contribution in [0, 0.1) is 5.41 Å². The highest BCUT2D eigenvalue weighted by atomic mass is 15.2. The molecule has 1 aliphatic heterocycles. The molecule has 94 valence electrons. The molecule has 1 atom stereocenters. The van der Waals surface area contributed by atoms with Crippen molar-refractivity contribution in [3.05, 3.63) is 0 Å². The van der Waals surface area contributed by atoms with Crippen molar-refractivity contribution in [2.75, 3.05) is 26.2 Å². The van der Waals surface area contributed by atoms with E-state index in [2.05, 4.69) is 24.1 Å². The van der Waals surface area contributed by atoms with Crippen LogP contribution in [-0.2, 0) is 0 Å². The summed E-state index contributed by atoms with van der Waals surface area (Å²) in [6.45, 7) is 9.95. The predicted octanol–water partition coefficient (Wildman–Crippen LogP) is 2.64. The Hall–Kier alpha value is -0.0800. The zero-order chi connectivity index (χ0) is 11.4. The van der Waals surface area contributed by atoms with Crippen LogP contribution < -0.4 is 5.32 Å². The van der Waals surface area contributed by atoms with Crippen LogP contribution in [0.3, 0.4) is 0 Å². The number of nitrogens with one attached hydrogen (secondary N) is 1. The Balaban J connectivity index is 1.88. The molecule has 1 heterocycles. The Morgan fingerprint density at radius 1 is 1.06 bits per heavy atom. The van der Waals surface area contributed by atoms with Gasteiger partial charge in [-0.3, -0.25) is 0 Å². The first-order chi connectivity index (χ1) is 7.67. The molecule has 0 radical (unpaired) electrons. The zero-order valence-electron chi connectivity index (χ0n) is 11.1. The molecule has 2 heteroatoms. The summed E-state index contributed by atoms with van der Waals surface area (Å²) >= 11 is 0. The third-order valence-electron chi connectivity index (χ3n) is 4.29. The smallest absolute Gasteiger partial charge is 0.0100 e. The summed E-state index contributed by atoms with van der Waals surface area (Å²) in [7, 11) is 0. The van der Waals surface area contributed by atoms with Gasteiger partial charge in [0, 0.05) is 6.04 Å². The van der Waals surface area contributed by atoms with E-state index in [0.717, 1.165) is 6.04 Å². The van der Waals surface area contributed by atoms with Crippen molar-refractivity contribution in [3.8, 4) is 0 Å². The highest BCUT2D eigenvalue weighted by molar-refractivity contribution is 4.85. The first-order valence-electron chi connectivity index (χ1n) is 7.12. The SMILES string of the molecule is CC1(C)CCCC(N2CCCNCCC2)C1. The van der Waals surface area contributed by atoms with Gasteiger partial charge in [-0.1, -0.05) is 20.3 Å². The minimum atomic E-state index is 0.587. The van der Waals surface area contributed by atoms with Crippen LogP contribution in [0.5, 0.6) is 0 Å².